The van der Waals surface area contributed by atoms with Gasteiger partial charge < -0.3 is 10.4 Å². The summed E-state index contributed by atoms with van der Waals surface area (Å²) in [5, 5.41) is 13.6. The van der Waals surface area contributed by atoms with Crippen molar-refractivity contribution in [3.8, 4) is 0 Å². The van der Waals surface area contributed by atoms with Crippen molar-refractivity contribution in [2.24, 2.45) is 0 Å². The molecule has 146 valence electrons. The lowest BCUT2D eigenvalue weighted by atomic mass is 9.90. The van der Waals surface area contributed by atoms with Gasteiger partial charge in [0.25, 0.3) is 10.0 Å². The first-order chi connectivity index (χ1) is 12.5. The second kappa shape index (κ2) is 6.92. The molecule has 0 saturated carbocycles. The largest absolute Gasteiger partial charge is 0.383 e. The highest BCUT2D eigenvalue weighted by Gasteiger charge is 2.27. The van der Waals surface area contributed by atoms with Crippen molar-refractivity contribution in [1.82, 2.24) is 9.71 Å². The molecule has 0 fully saturated rings. The molecule has 0 spiro atoms. The molecule has 1 atom stereocenters. The van der Waals surface area contributed by atoms with Gasteiger partial charge in [-0.2, -0.15) is 0 Å². The molecule has 6 nitrogen and oxygen atoms in total. The molecule has 0 aliphatic carbocycles. The molecular weight excluding hydrogens is 382 g/mol. The maximum atomic E-state index is 12.8. The summed E-state index contributed by atoms with van der Waals surface area (Å²) in [6.45, 7) is 9.41. The van der Waals surface area contributed by atoms with Crippen LogP contribution in [0.3, 0.4) is 0 Å². The van der Waals surface area contributed by atoms with Crippen LogP contribution in [0.1, 0.15) is 62.6 Å². The van der Waals surface area contributed by atoms with Gasteiger partial charge in [-0.3, -0.25) is 4.72 Å². The molecule has 1 aromatic carbocycles. The smallest absolute Gasteiger partial charge is 0.274 e. The van der Waals surface area contributed by atoms with Gasteiger partial charge >= 0.3 is 0 Å². The molecule has 0 radical (unpaired) electrons. The van der Waals surface area contributed by atoms with Gasteiger partial charge in [0.1, 0.15) is 16.4 Å². The first-order valence-electron chi connectivity index (χ1n) is 8.82. The van der Waals surface area contributed by atoms with E-state index in [4.69, 9.17) is 0 Å². The van der Waals surface area contributed by atoms with E-state index in [1.165, 1.54) is 6.20 Å². The van der Waals surface area contributed by atoms with Crippen molar-refractivity contribution in [3.05, 3.63) is 52.4 Å². The summed E-state index contributed by atoms with van der Waals surface area (Å²) in [6.07, 6.45) is 3.14. The molecular formula is C19H25N3O3S2. The summed E-state index contributed by atoms with van der Waals surface area (Å²) in [5.41, 5.74) is 2.07. The summed E-state index contributed by atoms with van der Waals surface area (Å²) in [7, 11) is -3.79. The summed E-state index contributed by atoms with van der Waals surface area (Å²) >= 11 is 0.963. The van der Waals surface area contributed by atoms with Gasteiger partial charge in [-0.05, 0) is 37.0 Å². The van der Waals surface area contributed by atoms with Gasteiger partial charge in [0.15, 0.2) is 4.21 Å². The van der Waals surface area contributed by atoms with Crippen LogP contribution in [0.5, 0.6) is 0 Å². The van der Waals surface area contributed by atoms with Gasteiger partial charge in [0.05, 0.1) is 6.20 Å². The fraction of sp³-hybridized carbons (Fsp3) is 0.421. The maximum Gasteiger partial charge on any atom is 0.274 e. The number of para-hydroxylation sites is 1. The topological polar surface area (TPSA) is 91.3 Å². The fourth-order valence-electron chi connectivity index (χ4n) is 3.03. The molecule has 3 rings (SSSR count). The van der Waals surface area contributed by atoms with Gasteiger partial charge in [-0.15, -0.1) is 11.3 Å². The van der Waals surface area contributed by atoms with Crippen LogP contribution in [0.25, 0.3) is 0 Å². The third-order valence-electron chi connectivity index (χ3n) is 4.43. The van der Waals surface area contributed by atoms with E-state index in [0.29, 0.717) is 16.7 Å². The second-order valence-corrected chi connectivity index (χ2v) is 10.5. The highest BCUT2D eigenvalue weighted by Crippen LogP contribution is 2.37. The van der Waals surface area contributed by atoms with E-state index in [1.807, 2.05) is 19.1 Å². The van der Waals surface area contributed by atoms with Crippen LogP contribution < -0.4 is 10.0 Å². The molecule has 0 bridgehead atoms. The highest BCUT2D eigenvalue weighted by atomic mass is 32.2. The van der Waals surface area contributed by atoms with Crippen LogP contribution in [-0.2, 0) is 15.6 Å². The number of rotatable bonds is 5. The third kappa shape index (κ3) is 4.02. The summed E-state index contributed by atoms with van der Waals surface area (Å²) in [5.74, 6) is 0.818. The Bertz CT molecular complexity index is 986. The lowest BCUT2D eigenvalue weighted by Crippen LogP contribution is -2.29. The number of nitrogens with one attached hydrogen (secondary N) is 2. The standard InChI is InChI=1S/C19H25N3O3S2/c1-11(2)13-7-6-8-14-12(3)9-15(21-17(13)14)22-27(24,25)16-10-20-18(26-16)19(4,5)23/h6-12,21-23H,1-5H3. The summed E-state index contributed by atoms with van der Waals surface area (Å²) in [6, 6.07) is 6.14. The zero-order valence-electron chi connectivity index (χ0n) is 16.1. The van der Waals surface area contributed by atoms with E-state index in [-0.39, 0.29) is 10.1 Å². The van der Waals surface area contributed by atoms with Crippen molar-refractivity contribution < 1.29 is 13.5 Å². The van der Waals surface area contributed by atoms with E-state index >= 15 is 0 Å². The second-order valence-electron chi connectivity index (χ2n) is 7.61. The Balaban J connectivity index is 1.89. The number of thiazole rings is 1. The summed E-state index contributed by atoms with van der Waals surface area (Å²) < 4.78 is 28.2. The fourth-order valence-corrected chi connectivity index (χ4v) is 5.18. The summed E-state index contributed by atoms with van der Waals surface area (Å²) in [4.78, 5) is 4.04. The van der Waals surface area contributed by atoms with Crippen LogP contribution in [-0.4, -0.2) is 18.5 Å². The first-order valence-corrected chi connectivity index (χ1v) is 11.1. The van der Waals surface area contributed by atoms with Crippen molar-refractivity contribution in [2.45, 2.75) is 56.3 Å². The number of nitrogens with zero attached hydrogens (tertiary/aromatic N) is 1. The zero-order chi connectivity index (χ0) is 20.0. The normalized spacial score (nSPS) is 17.3. The average Bonchev–Trinajstić information content (AvgIpc) is 3.05. The minimum absolute atomic E-state index is 0.0675. The number of sulfonamides is 1. The maximum absolute atomic E-state index is 12.8. The molecule has 0 saturated heterocycles. The van der Waals surface area contributed by atoms with Gasteiger partial charge in [-0.1, -0.05) is 39.0 Å². The quantitative estimate of drug-likeness (QED) is 0.700. The van der Waals surface area contributed by atoms with Gasteiger partial charge in [-0.25, -0.2) is 13.4 Å². The molecule has 1 unspecified atom stereocenters. The Kier molecular flexibility index (Phi) is 5.09. The van der Waals surface area contributed by atoms with Crippen LogP contribution in [0.4, 0.5) is 5.69 Å². The predicted molar refractivity (Wildman–Crippen MR) is 108 cm³/mol. The van der Waals surface area contributed by atoms with Crippen LogP contribution in [0.2, 0.25) is 0 Å². The number of allylic oxidation sites excluding steroid dienone is 1. The van der Waals surface area contributed by atoms with E-state index < -0.39 is 15.6 Å². The van der Waals surface area contributed by atoms with Crippen LogP contribution in [0.15, 0.2) is 40.5 Å². The number of anilines is 1. The SMILES string of the molecule is CC(C)c1cccc2c1NC(NS(=O)(=O)c1cnc(C(C)(C)O)s1)=CC2C. The Hall–Kier alpha value is -1.90. The molecule has 0 amide bonds. The molecule has 1 aromatic heterocycles. The van der Waals surface area contributed by atoms with Crippen molar-refractivity contribution in [1.29, 1.82) is 0 Å². The number of aromatic nitrogens is 1. The van der Waals surface area contributed by atoms with Gasteiger partial charge in [0.2, 0.25) is 0 Å². The molecule has 2 heterocycles. The van der Waals surface area contributed by atoms with E-state index in [0.717, 1.165) is 28.2 Å². The lowest BCUT2D eigenvalue weighted by molar-refractivity contribution is 0.0783. The van der Waals surface area contributed by atoms with E-state index in [9.17, 15) is 13.5 Å². The number of benzene rings is 1. The number of hydrogen-bond acceptors (Lipinski definition) is 6. The van der Waals surface area contributed by atoms with E-state index in [1.54, 1.807) is 13.8 Å². The van der Waals surface area contributed by atoms with Crippen LogP contribution >= 0.6 is 11.3 Å². The molecule has 27 heavy (non-hydrogen) atoms. The minimum atomic E-state index is -3.79. The average molecular weight is 408 g/mol. The molecule has 1 aliphatic heterocycles. The number of fused-ring (bicyclic) bond motifs is 1. The van der Waals surface area contributed by atoms with Crippen molar-refractivity contribution >= 4 is 27.0 Å². The highest BCUT2D eigenvalue weighted by molar-refractivity contribution is 7.91. The predicted octanol–water partition coefficient (Wildman–Crippen LogP) is 3.84. The third-order valence-corrected chi connectivity index (χ3v) is 7.57. The Morgan fingerprint density at radius 2 is 2.04 bits per heavy atom. The van der Waals surface area contributed by atoms with Crippen molar-refractivity contribution in [2.75, 3.05) is 5.32 Å². The number of hydrogen-bond donors (Lipinski definition) is 3. The van der Waals surface area contributed by atoms with E-state index in [2.05, 4.69) is 41.0 Å². The van der Waals surface area contributed by atoms with Crippen molar-refractivity contribution in [3.63, 3.8) is 0 Å². The molecule has 3 N–H and O–H groups in total. The van der Waals surface area contributed by atoms with Crippen LogP contribution in [0, 0.1) is 0 Å². The van der Waals surface area contributed by atoms with Gasteiger partial charge in [0, 0.05) is 11.6 Å². The molecule has 2 aromatic rings. The molecule has 1 aliphatic rings. The Morgan fingerprint density at radius 1 is 1.33 bits per heavy atom. The monoisotopic (exact) mass is 407 g/mol. The number of aliphatic hydroxyl groups is 1. The zero-order valence-corrected chi connectivity index (χ0v) is 17.7. The molecule has 8 heteroatoms. The first kappa shape index (κ1) is 19.9. The lowest BCUT2D eigenvalue weighted by Gasteiger charge is -2.27. The Morgan fingerprint density at radius 3 is 2.63 bits per heavy atom. The Labute approximate surface area is 164 Å². The minimum Gasteiger partial charge on any atom is -0.383 e.